The molecule has 0 bridgehead atoms. The molecule has 0 saturated carbocycles. The molecule has 1 aliphatic heterocycles. The van der Waals surface area contributed by atoms with Crippen molar-refractivity contribution in [2.45, 2.75) is 26.6 Å². The van der Waals surface area contributed by atoms with E-state index in [1.54, 1.807) is 6.08 Å². The highest BCUT2D eigenvalue weighted by atomic mass is 79.9. The highest BCUT2D eigenvalue weighted by Gasteiger charge is 2.41. The minimum Gasteiger partial charge on any atom is -0.352 e. The summed E-state index contributed by atoms with van der Waals surface area (Å²) in [5.41, 5.74) is 0.568. The number of allylic oxidation sites excluding steroid dienone is 1. The molecule has 1 aromatic carbocycles. The molecule has 25 heavy (non-hydrogen) atoms. The third kappa shape index (κ3) is 4.05. The molecule has 1 aromatic heterocycles. The van der Waals surface area contributed by atoms with Gasteiger partial charge >= 0.3 is 0 Å². The van der Waals surface area contributed by atoms with E-state index in [0.29, 0.717) is 18.9 Å². The van der Waals surface area contributed by atoms with E-state index in [0.717, 1.165) is 16.5 Å². The summed E-state index contributed by atoms with van der Waals surface area (Å²) in [5.74, 6) is -0.0875. The van der Waals surface area contributed by atoms with Gasteiger partial charge in [0.2, 0.25) is 0 Å². The SMILES string of the molecule is CCC1OCC(C)(C(=O)C(=Cc2ccc(Br)cc2)n2cncn2)CO1. The molecule has 7 heteroatoms. The van der Waals surface area contributed by atoms with Crippen molar-refractivity contribution in [3.63, 3.8) is 0 Å². The van der Waals surface area contributed by atoms with Crippen LogP contribution in [0, 0.1) is 5.41 Å². The van der Waals surface area contributed by atoms with Crippen LogP contribution in [0.5, 0.6) is 0 Å². The van der Waals surface area contributed by atoms with Crippen LogP contribution < -0.4 is 0 Å². The highest BCUT2D eigenvalue weighted by molar-refractivity contribution is 9.10. The van der Waals surface area contributed by atoms with Gasteiger partial charge in [0.05, 0.1) is 18.6 Å². The number of rotatable bonds is 5. The maximum absolute atomic E-state index is 13.3. The lowest BCUT2D eigenvalue weighted by Gasteiger charge is -2.36. The summed E-state index contributed by atoms with van der Waals surface area (Å²) >= 11 is 3.41. The van der Waals surface area contributed by atoms with Gasteiger partial charge in [-0.25, -0.2) is 9.67 Å². The van der Waals surface area contributed by atoms with Gasteiger partial charge < -0.3 is 9.47 Å². The Hall–Kier alpha value is -1.83. The van der Waals surface area contributed by atoms with E-state index < -0.39 is 5.41 Å². The molecule has 0 atom stereocenters. The number of Topliss-reactive ketones (excluding diaryl/α,β-unsaturated/α-hetero) is 1. The zero-order chi connectivity index (χ0) is 17.9. The summed E-state index contributed by atoms with van der Waals surface area (Å²) in [6.07, 6.45) is 5.25. The van der Waals surface area contributed by atoms with Crippen LogP contribution in [0.3, 0.4) is 0 Å². The van der Waals surface area contributed by atoms with Crippen LogP contribution in [-0.4, -0.2) is 40.1 Å². The van der Waals surface area contributed by atoms with Crippen molar-refractivity contribution in [1.29, 1.82) is 0 Å². The van der Waals surface area contributed by atoms with Crippen LogP contribution in [0.2, 0.25) is 0 Å². The van der Waals surface area contributed by atoms with Crippen molar-refractivity contribution in [3.05, 3.63) is 47.0 Å². The van der Waals surface area contributed by atoms with E-state index in [9.17, 15) is 4.79 Å². The Labute approximate surface area is 155 Å². The van der Waals surface area contributed by atoms with E-state index >= 15 is 0 Å². The monoisotopic (exact) mass is 405 g/mol. The molecule has 0 N–H and O–H groups in total. The maximum Gasteiger partial charge on any atom is 0.191 e. The van der Waals surface area contributed by atoms with Crippen molar-refractivity contribution in [3.8, 4) is 0 Å². The van der Waals surface area contributed by atoms with E-state index in [1.807, 2.05) is 38.1 Å². The topological polar surface area (TPSA) is 66.2 Å². The smallest absolute Gasteiger partial charge is 0.191 e. The van der Waals surface area contributed by atoms with Gasteiger partial charge in [-0.1, -0.05) is 35.0 Å². The average molecular weight is 406 g/mol. The summed E-state index contributed by atoms with van der Waals surface area (Å²) in [5, 5.41) is 4.13. The molecule has 0 amide bonds. The van der Waals surface area contributed by atoms with E-state index in [2.05, 4.69) is 26.0 Å². The summed E-state index contributed by atoms with van der Waals surface area (Å²) in [6, 6.07) is 7.71. The predicted octanol–water partition coefficient (Wildman–Crippen LogP) is 3.40. The van der Waals surface area contributed by atoms with Gasteiger partial charge in [0.1, 0.15) is 18.4 Å². The summed E-state index contributed by atoms with van der Waals surface area (Å²) in [6.45, 7) is 4.48. The highest BCUT2D eigenvalue weighted by Crippen LogP contribution is 2.31. The Bertz CT molecular complexity index is 748. The quantitative estimate of drug-likeness (QED) is 0.713. The van der Waals surface area contributed by atoms with Crippen LogP contribution >= 0.6 is 15.9 Å². The van der Waals surface area contributed by atoms with Crippen LogP contribution in [0.25, 0.3) is 11.8 Å². The summed E-state index contributed by atoms with van der Waals surface area (Å²) in [7, 11) is 0. The molecule has 0 radical (unpaired) electrons. The van der Waals surface area contributed by atoms with Gasteiger partial charge in [0.15, 0.2) is 12.1 Å². The number of halogens is 1. The Morgan fingerprint density at radius 2 is 2.04 bits per heavy atom. The molecule has 3 rings (SSSR count). The number of carbonyl (C=O) groups is 1. The second-order valence-electron chi connectivity index (χ2n) is 6.27. The van der Waals surface area contributed by atoms with Crippen LogP contribution in [-0.2, 0) is 14.3 Å². The average Bonchev–Trinajstić information content (AvgIpc) is 3.16. The number of hydrogen-bond donors (Lipinski definition) is 0. The van der Waals surface area contributed by atoms with Crippen molar-refractivity contribution in [1.82, 2.24) is 14.8 Å². The zero-order valence-electron chi connectivity index (χ0n) is 14.2. The lowest BCUT2D eigenvalue weighted by atomic mass is 9.84. The van der Waals surface area contributed by atoms with E-state index in [-0.39, 0.29) is 12.1 Å². The third-order valence-corrected chi connectivity index (χ3v) is 4.66. The van der Waals surface area contributed by atoms with Gasteiger partial charge in [-0.3, -0.25) is 4.79 Å². The van der Waals surface area contributed by atoms with Gasteiger partial charge in [-0.15, -0.1) is 0 Å². The minimum atomic E-state index is -0.765. The van der Waals surface area contributed by atoms with Crippen LogP contribution in [0.4, 0.5) is 0 Å². The maximum atomic E-state index is 13.3. The largest absolute Gasteiger partial charge is 0.352 e. The molecule has 1 saturated heterocycles. The van der Waals surface area contributed by atoms with Gasteiger partial charge in [0, 0.05) is 4.47 Å². The molecule has 2 aromatic rings. The standard InChI is InChI=1S/C18H20BrN3O3/c1-3-16-24-9-18(2,10-25-16)17(23)15(22-12-20-11-21-22)8-13-4-6-14(19)7-5-13/h4-8,11-12,16H,3,9-10H2,1-2H3. The number of nitrogens with zero attached hydrogens (tertiary/aromatic N) is 3. The molecule has 132 valence electrons. The normalized spacial score (nSPS) is 24.3. The molecule has 0 unspecified atom stereocenters. The molecule has 0 spiro atoms. The van der Waals surface area contributed by atoms with Gasteiger partial charge in [0.25, 0.3) is 0 Å². The molecular formula is C18H20BrN3O3. The third-order valence-electron chi connectivity index (χ3n) is 4.13. The second-order valence-corrected chi connectivity index (χ2v) is 7.19. The van der Waals surface area contributed by atoms with Gasteiger partial charge in [-0.2, -0.15) is 5.10 Å². The fourth-order valence-corrected chi connectivity index (χ4v) is 2.87. The minimum absolute atomic E-state index is 0.0875. The molecule has 1 fully saturated rings. The number of carbonyl (C=O) groups excluding carboxylic acids is 1. The first-order valence-electron chi connectivity index (χ1n) is 8.12. The molecular weight excluding hydrogens is 386 g/mol. The Morgan fingerprint density at radius 1 is 1.36 bits per heavy atom. The number of ether oxygens (including phenoxy) is 2. The zero-order valence-corrected chi connectivity index (χ0v) is 15.8. The second kappa shape index (κ2) is 7.59. The van der Waals surface area contributed by atoms with Crippen molar-refractivity contribution in [2.24, 2.45) is 5.41 Å². The predicted molar refractivity (Wildman–Crippen MR) is 97.4 cm³/mol. The van der Waals surface area contributed by atoms with E-state index in [1.165, 1.54) is 17.3 Å². The van der Waals surface area contributed by atoms with Crippen LogP contribution in [0.1, 0.15) is 25.8 Å². The molecule has 1 aliphatic rings. The number of benzene rings is 1. The van der Waals surface area contributed by atoms with Gasteiger partial charge in [-0.05, 0) is 37.1 Å². The summed E-state index contributed by atoms with van der Waals surface area (Å²) in [4.78, 5) is 17.2. The molecule has 0 aliphatic carbocycles. The number of hydrogen-bond acceptors (Lipinski definition) is 5. The molecule has 6 nitrogen and oxygen atoms in total. The first-order chi connectivity index (χ1) is 12.0. The fraction of sp³-hybridized carbons (Fsp3) is 0.389. The summed E-state index contributed by atoms with van der Waals surface area (Å²) < 4.78 is 13.8. The molecule has 2 heterocycles. The Balaban J connectivity index is 1.92. The fourth-order valence-electron chi connectivity index (χ4n) is 2.60. The number of ketones is 1. The van der Waals surface area contributed by atoms with Crippen LogP contribution in [0.15, 0.2) is 41.4 Å². The lowest BCUT2D eigenvalue weighted by molar-refractivity contribution is -0.221. The van der Waals surface area contributed by atoms with Crippen molar-refractivity contribution >= 4 is 33.5 Å². The first kappa shape index (κ1) is 18.0. The van der Waals surface area contributed by atoms with E-state index in [4.69, 9.17) is 9.47 Å². The van der Waals surface area contributed by atoms with Crippen molar-refractivity contribution < 1.29 is 14.3 Å². The lowest BCUT2D eigenvalue weighted by Crippen LogP contribution is -2.45. The first-order valence-corrected chi connectivity index (χ1v) is 8.91. The number of aromatic nitrogens is 3. The Morgan fingerprint density at radius 3 is 2.60 bits per heavy atom. The Kier molecular flexibility index (Phi) is 5.46. The van der Waals surface area contributed by atoms with Crippen molar-refractivity contribution in [2.75, 3.05) is 13.2 Å².